The van der Waals surface area contributed by atoms with Gasteiger partial charge < -0.3 is 14.6 Å². The van der Waals surface area contributed by atoms with E-state index in [1.54, 1.807) is 12.1 Å². The van der Waals surface area contributed by atoms with E-state index in [2.05, 4.69) is 10.3 Å². The lowest BCUT2D eigenvalue weighted by Crippen LogP contribution is -2.56. The molecule has 0 bridgehead atoms. The number of nitro benzene ring substituents is 1. The van der Waals surface area contributed by atoms with Crippen molar-refractivity contribution in [3.05, 3.63) is 28.3 Å². The Kier molecular flexibility index (Phi) is 2.41. The molecule has 0 atom stereocenters. The van der Waals surface area contributed by atoms with Crippen LogP contribution in [-0.2, 0) is 0 Å². The van der Waals surface area contributed by atoms with Crippen LogP contribution in [0.25, 0.3) is 11.1 Å². The Balaban J connectivity index is 2.04. The molecule has 1 saturated heterocycles. The van der Waals surface area contributed by atoms with E-state index in [1.807, 2.05) is 11.9 Å². The van der Waals surface area contributed by atoms with Crippen LogP contribution in [0.5, 0.6) is 0 Å². The fourth-order valence-corrected chi connectivity index (χ4v) is 1.92. The van der Waals surface area contributed by atoms with Gasteiger partial charge in [-0.1, -0.05) is 6.07 Å². The number of nitrogens with zero attached hydrogens (tertiary/aromatic N) is 3. The summed E-state index contributed by atoms with van der Waals surface area (Å²) in [6.07, 6.45) is 0. The number of likely N-dealkylation sites (N-methyl/N-ethyl adjacent to an activating group) is 1. The highest BCUT2D eigenvalue weighted by atomic mass is 16.6. The summed E-state index contributed by atoms with van der Waals surface area (Å²) in [6.45, 7) is 1.74. The summed E-state index contributed by atoms with van der Waals surface area (Å²) in [5.74, 6) is 0. The van der Waals surface area contributed by atoms with Gasteiger partial charge in [0.2, 0.25) is 0 Å². The van der Waals surface area contributed by atoms with Crippen molar-refractivity contribution < 1.29 is 9.34 Å². The highest BCUT2D eigenvalue weighted by molar-refractivity contribution is 5.84. The van der Waals surface area contributed by atoms with Crippen molar-refractivity contribution in [1.29, 1.82) is 0 Å². The molecule has 1 aromatic heterocycles. The minimum Gasteiger partial charge on any atom is -0.423 e. The Labute approximate surface area is 103 Å². The first-order valence-electron chi connectivity index (χ1n) is 5.64. The van der Waals surface area contributed by atoms with Gasteiger partial charge in [0.15, 0.2) is 11.1 Å². The molecule has 94 valence electrons. The fraction of sp³-hybridized carbons (Fsp3) is 0.364. The number of hydrogen-bond acceptors (Lipinski definition) is 6. The average Bonchev–Trinajstić information content (AvgIpc) is 2.69. The van der Waals surface area contributed by atoms with Gasteiger partial charge in [-0.3, -0.25) is 10.1 Å². The summed E-state index contributed by atoms with van der Waals surface area (Å²) < 4.78 is 5.56. The zero-order chi connectivity index (χ0) is 12.7. The van der Waals surface area contributed by atoms with Crippen LogP contribution in [0.15, 0.2) is 22.6 Å². The number of non-ortho nitro benzene ring substituents is 1. The van der Waals surface area contributed by atoms with Crippen molar-refractivity contribution in [2.24, 2.45) is 0 Å². The van der Waals surface area contributed by atoms with Crippen LogP contribution in [0.4, 0.5) is 11.7 Å². The molecule has 0 aliphatic carbocycles. The van der Waals surface area contributed by atoms with Crippen LogP contribution in [0.1, 0.15) is 0 Å². The number of anilines is 1. The van der Waals surface area contributed by atoms with E-state index in [1.165, 1.54) is 6.07 Å². The first-order valence-corrected chi connectivity index (χ1v) is 5.64. The summed E-state index contributed by atoms with van der Waals surface area (Å²) in [5.41, 5.74) is 0.720. The summed E-state index contributed by atoms with van der Waals surface area (Å²) in [4.78, 5) is 16.6. The molecular weight excluding hydrogens is 236 g/mol. The molecule has 0 amide bonds. The summed E-state index contributed by atoms with van der Waals surface area (Å²) >= 11 is 0. The lowest BCUT2D eigenvalue weighted by Gasteiger charge is -2.34. The van der Waals surface area contributed by atoms with Crippen molar-refractivity contribution in [3.63, 3.8) is 0 Å². The Bertz CT molecular complexity index is 605. The number of hydrogen-bond donors (Lipinski definition) is 1. The molecule has 3 rings (SSSR count). The molecule has 2 aromatic rings. The summed E-state index contributed by atoms with van der Waals surface area (Å²) in [6, 6.07) is 5.47. The number of nitrogens with one attached hydrogen (secondary N) is 1. The van der Waals surface area contributed by atoms with Gasteiger partial charge in [0, 0.05) is 26.2 Å². The van der Waals surface area contributed by atoms with E-state index >= 15 is 0 Å². The van der Waals surface area contributed by atoms with Gasteiger partial charge in [-0.25, -0.2) is 0 Å². The topological polar surface area (TPSA) is 84.4 Å². The molecule has 1 N–H and O–H groups in total. The van der Waals surface area contributed by atoms with Gasteiger partial charge >= 0.3 is 0 Å². The Morgan fingerprint density at radius 1 is 1.56 bits per heavy atom. The van der Waals surface area contributed by atoms with Crippen LogP contribution in [0, 0.1) is 10.1 Å². The average molecular weight is 248 g/mol. The zero-order valence-corrected chi connectivity index (χ0v) is 9.79. The van der Waals surface area contributed by atoms with Gasteiger partial charge in [0.05, 0.1) is 11.0 Å². The van der Waals surface area contributed by atoms with Gasteiger partial charge in [0.25, 0.3) is 11.7 Å². The lowest BCUT2D eigenvalue weighted by atomic mass is 10.1. The Morgan fingerprint density at radius 3 is 2.94 bits per heavy atom. The fourth-order valence-electron chi connectivity index (χ4n) is 1.92. The predicted octanol–water partition coefficient (Wildman–Crippen LogP) is 1.14. The second-order valence-corrected chi connectivity index (χ2v) is 4.30. The number of rotatable bonds is 3. The first-order chi connectivity index (χ1) is 8.66. The van der Waals surface area contributed by atoms with Gasteiger partial charge in [-0.05, 0) is 6.07 Å². The molecule has 7 heteroatoms. The standard InChI is InChI=1S/C11H12N4O3/c1-14(7-5-12-6-7)11-13-10-8(15(16)17)3-2-4-9(10)18-11/h2-4,7,12H,5-6H2,1H3. The highest BCUT2D eigenvalue weighted by Gasteiger charge is 2.26. The van der Waals surface area contributed by atoms with Crippen molar-refractivity contribution in [1.82, 2.24) is 10.3 Å². The van der Waals surface area contributed by atoms with Crippen LogP contribution in [0.3, 0.4) is 0 Å². The van der Waals surface area contributed by atoms with E-state index in [-0.39, 0.29) is 5.69 Å². The van der Waals surface area contributed by atoms with E-state index in [9.17, 15) is 10.1 Å². The maximum atomic E-state index is 10.9. The predicted molar refractivity (Wildman–Crippen MR) is 65.7 cm³/mol. The van der Waals surface area contributed by atoms with Crippen molar-refractivity contribution >= 4 is 22.8 Å². The zero-order valence-electron chi connectivity index (χ0n) is 9.79. The second-order valence-electron chi connectivity index (χ2n) is 4.30. The Morgan fingerprint density at radius 2 is 2.33 bits per heavy atom. The van der Waals surface area contributed by atoms with E-state index in [4.69, 9.17) is 4.42 Å². The Hall–Kier alpha value is -2.15. The quantitative estimate of drug-likeness (QED) is 0.647. The molecule has 1 aliphatic heterocycles. The molecule has 0 saturated carbocycles. The molecule has 18 heavy (non-hydrogen) atoms. The minimum absolute atomic E-state index is 0.0253. The minimum atomic E-state index is -0.445. The molecule has 2 heterocycles. The maximum Gasteiger partial charge on any atom is 0.298 e. The normalized spacial score (nSPS) is 15.6. The molecule has 0 unspecified atom stereocenters. The molecule has 7 nitrogen and oxygen atoms in total. The second kappa shape index (κ2) is 3.95. The van der Waals surface area contributed by atoms with Gasteiger partial charge in [0.1, 0.15) is 0 Å². The molecular formula is C11H12N4O3. The van der Waals surface area contributed by atoms with Crippen LogP contribution in [-0.4, -0.2) is 36.1 Å². The van der Waals surface area contributed by atoms with E-state index in [0.717, 1.165) is 13.1 Å². The van der Waals surface area contributed by atoms with E-state index in [0.29, 0.717) is 23.2 Å². The number of fused-ring (bicyclic) bond motifs is 1. The first kappa shape index (κ1) is 11.0. The maximum absolute atomic E-state index is 10.9. The van der Waals surface area contributed by atoms with Crippen molar-refractivity contribution in [2.45, 2.75) is 6.04 Å². The molecule has 0 radical (unpaired) electrons. The third-order valence-electron chi connectivity index (χ3n) is 3.19. The highest BCUT2D eigenvalue weighted by Crippen LogP contribution is 2.29. The van der Waals surface area contributed by atoms with Gasteiger partial charge in [-0.2, -0.15) is 4.98 Å². The number of oxazole rings is 1. The summed E-state index contributed by atoms with van der Waals surface area (Å²) in [7, 11) is 1.88. The number of para-hydroxylation sites is 1. The monoisotopic (exact) mass is 248 g/mol. The number of nitro groups is 1. The molecule has 0 spiro atoms. The molecule has 1 aliphatic rings. The lowest BCUT2D eigenvalue weighted by molar-refractivity contribution is -0.383. The number of benzene rings is 1. The van der Waals surface area contributed by atoms with Crippen LogP contribution >= 0.6 is 0 Å². The van der Waals surface area contributed by atoms with E-state index < -0.39 is 4.92 Å². The van der Waals surface area contributed by atoms with Crippen molar-refractivity contribution in [2.75, 3.05) is 25.0 Å². The number of aromatic nitrogens is 1. The van der Waals surface area contributed by atoms with Crippen molar-refractivity contribution in [3.8, 4) is 0 Å². The third-order valence-corrected chi connectivity index (χ3v) is 3.19. The SMILES string of the molecule is CN(c1nc2c([N+](=O)[O-])cccc2o1)C1CNC1. The van der Waals surface area contributed by atoms with Crippen LogP contribution in [0.2, 0.25) is 0 Å². The largest absolute Gasteiger partial charge is 0.423 e. The summed E-state index contributed by atoms with van der Waals surface area (Å²) in [5, 5.41) is 14.1. The van der Waals surface area contributed by atoms with Gasteiger partial charge in [-0.15, -0.1) is 0 Å². The smallest absolute Gasteiger partial charge is 0.298 e. The third kappa shape index (κ3) is 1.60. The molecule has 1 fully saturated rings. The molecule has 1 aromatic carbocycles. The van der Waals surface area contributed by atoms with Crippen LogP contribution < -0.4 is 10.2 Å².